The van der Waals surface area contributed by atoms with Gasteiger partial charge in [0.2, 0.25) is 5.91 Å². The molecular formula is C22H23N5O2. The van der Waals surface area contributed by atoms with Crippen molar-refractivity contribution >= 4 is 28.9 Å². The normalized spacial score (nSPS) is 21.0. The van der Waals surface area contributed by atoms with E-state index < -0.39 is 11.9 Å². The Bertz CT molecular complexity index is 1000. The van der Waals surface area contributed by atoms with Gasteiger partial charge in [0.1, 0.15) is 11.8 Å². The first-order valence-electron chi connectivity index (χ1n) is 9.97. The van der Waals surface area contributed by atoms with E-state index in [1.165, 1.54) is 24.0 Å². The zero-order valence-corrected chi connectivity index (χ0v) is 16.0. The molecule has 1 aliphatic carbocycles. The molecule has 1 fully saturated rings. The van der Waals surface area contributed by atoms with Gasteiger partial charge in [0.25, 0.3) is 5.91 Å². The van der Waals surface area contributed by atoms with Crippen LogP contribution in [0, 0.1) is 0 Å². The summed E-state index contributed by atoms with van der Waals surface area (Å²) in [6.45, 7) is 1.80. The van der Waals surface area contributed by atoms with Crippen LogP contribution in [0.1, 0.15) is 30.4 Å². The van der Waals surface area contributed by atoms with Crippen LogP contribution in [-0.2, 0) is 22.7 Å². The summed E-state index contributed by atoms with van der Waals surface area (Å²) in [5.74, 6) is -0.783. The highest BCUT2D eigenvalue weighted by atomic mass is 16.2. The fraction of sp³-hybridized carbons (Fsp3) is 0.318. The number of nitrogens with two attached hydrogens (primary N) is 1. The van der Waals surface area contributed by atoms with Gasteiger partial charge in [-0.25, -0.2) is 0 Å². The third-order valence-electron chi connectivity index (χ3n) is 5.84. The van der Waals surface area contributed by atoms with Gasteiger partial charge in [-0.05, 0) is 42.2 Å². The number of amides is 2. The van der Waals surface area contributed by atoms with E-state index in [9.17, 15) is 9.59 Å². The summed E-state index contributed by atoms with van der Waals surface area (Å²) in [7, 11) is 0. The van der Waals surface area contributed by atoms with Crippen LogP contribution in [0.15, 0.2) is 53.6 Å². The van der Waals surface area contributed by atoms with E-state index in [0.717, 1.165) is 24.5 Å². The number of rotatable bonds is 5. The minimum absolute atomic E-state index is 0.194. The molecule has 3 N–H and O–H groups in total. The second-order valence-corrected chi connectivity index (χ2v) is 7.88. The zero-order valence-electron chi connectivity index (χ0n) is 16.0. The van der Waals surface area contributed by atoms with Crippen molar-refractivity contribution in [2.75, 3.05) is 10.3 Å². The van der Waals surface area contributed by atoms with Crippen molar-refractivity contribution in [1.29, 1.82) is 0 Å². The minimum Gasteiger partial charge on any atom is -0.368 e. The molecule has 2 aromatic carbocycles. The lowest BCUT2D eigenvalue weighted by atomic mass is 10.1. The summed E-state index contributed by atoms with van der Waals surface area (Å²) in [6.07, 6.45) is 2.71. The summed E-state index contributed by atoms with van der Waals surface area (Å²) in [4.78, 5) is 27.4. The minimum atomic E-state index is -0.662. The van der Waals surface area contributed by atoms with Crippen molar-refractivity contribution in [1.82, 2.24) is 4.90 Å². The Kier molecular flexibility index (Phi) is 4.32. The predicted molar refractivity (Wildman–Crippen MR) is 111 cm³/mol. The molecule has 2 heterocycles. The van der Waals surface area contributed by atoms with Crippen molar-refractivity contribution in [3.63, 3.8) is 0 Å². The molecule has 0 bridgehead atoms. The van der Waals surface area contributed by atoms with Gasteiger partial charge in [0.05, 0.1) is 5.69 Å². The molecule has 2 amide bonds. The van der Waals surface area contributed by atoms with Crippen LogP contribution in [-0.4, -0.2) is 34.5 Å². The van der Waals surface area contributed by atoms with Crippen molar-refractivity contribution in [2.45, 2.75) is 44.4 Å². The Hall–Kier alpha value is -3.19. The Balaban J connectivity index is 1.37. The van der Waals surface area contributed by atoms with Crippen LogP contribution >= 0.6 is 0 Å². The van der Waals surface area contributed by atoms with Gasteiger partial charge in [0, 0.05) is 31.2 Å². The molecule has 0 radical (unpaired) electrons. The number of nitrogens with one attached hydrogen (secondary N) is 1. The van der Waals surface area contributed by atoms with Crippen molar-refractivity contribution < 1.29 is 9.59 Å². The maximum Gasteiger partial charge on any atom is 0.271 e. The maximum absolute atomic E-state index is 13.0. The van der Waals surface area contributed by atoms with Crippen LogP contribution < -0.4 is 16.1 Å². The van der Waals surface area contributed by atoms with E-state index in [1.54, 1.807) is 5.01 Å². The number of benzene rings is 2. The standard InChI is InChI=1S/C22H23N5O2/c23-21(28)20-11-19(25-27(20)16-6-2-1-3-7-16)22(29)24-18-8-4-5-14-12-26(13-17(14)18)15-9-10-15/h1-8,15,20H,9-13H2,(H2,23,28)(H,24,29)/t20-/m0/s1. The lowest BCUT2D eigenvalue weighted by molar-refractivity contribution is -0.119. The van der Waals surface area contributed by atoms with Gasteiger partial charge in [-0.3, -0.25) is 19.5 Å². The number of carbonyl (C=O) groups excluding carboxylic acids is 2. The Morgan fingerprint density at radius 1 is 1.03 bits per heavy atom. The molecule has 2 aromatic rings. The number of para-hydroxylation sites is 1. The van der Waals surface area contributed by atoms with E-state index in [4.69, 9.17) is 5.73 Å². The van der Waals surface area contributed by atoms with Crippen LogP contribution in [0.5, 0.6) is 0 Å². The molecule has 2 aliphatic heterocycles. The van der Waals surface area contributed by atoms with Crippen LogP contribution in [0.25, 0.3) is 0 Å². The third-order valence-corrected chi connectivity index (χ3v) is 5.84. The largest absolute Gasteiger partial charge is 0.368 e. The summed E-state index contributed by atoms with van der Waals surface area (Å²) in [5.41, 5.74) is 9.89. The highest BCUT2D eigenvalue weighted by molar-refractivity contribution is 6.44. The Morgan fingerprint density at radius 2 is 1.83 bits per heavy atom. The van der Waals surface area contributed by atoms with E-state index in [-0.39, 0.29) is 12.3 Å². The molecule has 3 aliphatic rings. The molecule has 7 nitrogen and oxygen atoms in total. The van der Waals surface area contributed by atoms with Crippen LogP contribution in [0.2, 0.25) is 0 Å². The number of hydrazone groups is 1. The number of anilines is 2. The first-order valence-corrected chi connectivity index (χ1v) is 9.97. The fourth-order valence-electron chi connectivity index (χ4n) is 4.14. The Morgan fingerprint density at radius 3 is 2.55 bits per heavy atom. The third kappa shape index (κ3) is 3.38. The van der Waals surface area contributed by atoms with Crippen molar-refractivity contribution in [3.05, 3.63) is 59.7 Å². The molecule has 0 aromatic heterocycles. The van der Waals surface area contributed by atoms with Gasteiger partial charge in [0.15, 0.2) is 0 Å². The number of carbonyl (C=O) groups is 2. The van der Waals surface area contributed by atoms with Crippen molar-refractivity contribution in [3.8, 4) is 0 Å². The van der Waals surface area contributed by atoms with Gasteiger partial charge >= 0.3 is 0 Å². The van der Waals surface area contributed by atoms with E-state index in [2.05, 4.69) is 21.4 Å². The van der Waals surface area contributed by atoms with Gasteiger partial charge < -0.3 is 11.1 Å². The predicted octanol–water partition coefficient (Wildman–Crippen LogP) is 2.22. The fourth-order valence-corrected chi connectivity index (χ4v) is 4.14. The summed E-state index contributed by atoms with van der Waals surface area (Å²) < 4.78 is 0. The molecule has 1 saturated carbocycles. The van der Waals surface area contributed by atoms with Gasteiger partial charge in [-0.2, -0.15) is 5.10 Å². The smallest absolute Gasteiger partial charge is 0.271 e. The van der Waals surface area contributed by atoms with Gasteiger partial charge in [-0.15, -0.1) is 0 Å². The number of nitrogens with zero attached hydrogens (tertiary/aromatic N) is 3. The van der Waals surface area contributed by atoms with E-state index in [0.29, 0.717) is 11.8 Å². The maximum atomic E-state index is 13.0. The topological polar surface area (TPSA) is 91.0 Å². The molecule has 0 unspecified atom stereocenters. The average Bonchev–Trinajstić information content (AvgIpc) is 3.31. The number of primary amides is 1. The summed E-state index contributed by atoms with van der Waals surface area (Å²) >= 11 is 0. The molecule has 5 rings (SSSR count). The first kappa shape index (κ1) is 17.9. The first-order chi connectivity index (χ1) is 14.1. The zero-order chi connectivity index (χ0) is 20.0. The molecule has 0 spiro atoms. The number of hydrogen-bond acceptors (Lipinski definition) is 5. The van der Waals surface area contributed by atoms with Crippen LogP contribution in [0.3, 0.4) is 0 Å². The van der Waals surface area contributed by atoms with Gasteiger partial charge in [-0.1, -0.05) is 30.3 Å². The number of hydrogen-bond donors (Lipinski definition) is 2. The highest BCUT2D eigenvalue weighted by Crippen LogP contribution is 2.37. The second-order valence-electron chi connectivity index (χ2n) is 7.88. The quantitative estimate of drug-likeness (QED) is 0.820. The van der Waals surface area contributed by atoms with Crippen LogP contribution in [0.4, 0.5) is 11.4 Å². The molecule has 1 atom stereocenters. The van der Waals surface area contributed by atoms with Crippen molar-refractivity contribution in [2.24, 2.45) is 10.8 Å². The molecule has 29 heavy (non-hydrogen) atoms. The summed E-state index contributed by atoms with van der Waals surface area (Å²) in [6, 6.07) is 15.4. The molecule has 148 valence electrons. The van der Waals surface area contributed by atoms with E-state index >= 15 is 0 Å². The highest BCUT2D eigenvalue weighted by Gasteiger charge is 2.36. The molecule has 7 heteroatoms. The molecular weight excluding hydrogens is 366 g/mol. The summed E-state index contributed by atoms with van der Waals surface area (Å²) in [5, 5.41) is 8.99. The molecule has 0 saturated heterocycles. The monoisotopic (exact) mass is 389 g/mol. The lowest BCUT2D eigenvalue weighted by Gasteiger charge is -2.20. The lowest BCUT2D eigenvalue weighted by Crippen LogP contribution is -2.39. The number of fused-ring (bicyclic) bond motifs is 1. The Labute approximate surface area is 169 Å². The SMILES string of the molecule is NC(=O)[C@@H]1CC(C(=O)Nc2cccc3c2CN(C2CC2)C3)=NN1c1ccccc1. The van der Waals surface area contributed by atoms with E-state index in [1.807, 2.05) is 42.5 Å². The second kappa shape index (κ2) is 7.00. The average molecular weight is 389 g/mol.